The predicted octanol–water partition coefficient (Wildman–Crippen LogP) is -0.765. The largest absolute Gasteiger partial charge is 0.350 e. The molecular formula is C10H20N8O2. The summed E-state index contributed by atoms with van der Waals surface area (Å²) in [7, 11) is 1.55. The van der Waals surface area contributed by atoms with E-state index in [1.165, 1.54) is 4.68 Å². The van der Waals surface area contributed by atoms with Gasteiger partial charge in [-0.2, -0.15) is 5.10 Å². The Labute approximate surface area is 116 Å². The summed E-state index contributed by atoms with van der Waals surface area (Å²) in [5.74, 6) is 11.3. The van der Waals surface area contributed by atoms with Gasteiger partial charge in [-0.15, -0.1) is 0 Å². The minimum Gasteiger partial charge on any atom is -0.350 e. The summed E-state index contributed by atoms with van der Waals surface area (Å²) in [6.07, 6.45) is 0. The average Bonchev–Trinajstić information content (AvgIpc) is 2.64. The molecule has 10 heteroatoms. The molecule has 1 rings (SSSR count). The van der Waals surface area contributed by atoms with Gasteiger partial charge in [0.25, 0.3) is 0 Å². The number of aryl methyl sites for hydroxylation is 1. The Balaban J connectivity index is 3.63. The second-order valence-corrected chi connectivity index (χ2v) is 5.31. The number of carbonyl (C=O) groups excluding carboxylic acids is 2. The van der Waals surface area contributed by atoms with Crippen molar-refractivity contribution in [1.29, 1.82) is 0 Å². The Morgan fingerprint density at radius 3 is 1.90 bits per heavy atom. The molecule has 20 heavy (non-hydrogen) atoms. The van der Waals surface area contributed by atoms with E-state index >= 15 is 0 Å². The number of hydrogen-bond donors (Lipinski definition) is 4. The van der Waals surface area contributed by atoms with Crippen molar-refractivity contribution in [2.75, 3.05) is 10.0 Å². The van der Waals surface area contributed by atoms with Gasteiger partial charge in [-0.05, 0) is 0 Å². The van der Waals surface area contributed by atoms with Crippen LogP contribution in [0, 0.1) is 0 Å². The first-order valence-electron chi connectivity index (χ1n) is 5.74. The second-order valence-electron chi connectivity index (χ2n) is 5.31. The maximum absolute atomic E-state index is 11.3. The molecule has 1 heterocycles. The van der Waals surface area contributed by atoms with Crippen LogP contribution in [0.3, 0.4) is 0 Å². The van der Waals surface area contributed by atoms with Crippen LogP contribution in [-0.4, -0.2) is 21.8 Å². The monoisotopic (exact) mass is 284 g/mol. The third-order valence-electron chi connectivity index (χ3n) is 2.65. The summed E-state index contributed by atoms with van der Waals surface area (Å²) < 4.78 is 1.31. The minimum atomic E-state index is -0.924. The van der Waals surface area contributed by atoms with Gasteiger partial charge < -0.3 is 11.5 Å². The summed E-state index contributed by atoms with van der Waals surface area (Å²) >= 11 is 0. The van der Waals surface area contributed by atoms with Crippen molar-refractivity contribution >= 4 is 23.6 Å². The van der Waals surface area contributed by atoms with Crippen LogP contribution in [0.4, 0.5) is 21.1 Å². The van der Waals surface area contributed by atoms with Gasteiger partial charge in [-0.1, -0.05) is 20.8 Å². The fourth-order valence-corrected chi connectivity index (χ4v) is 1.72. The summed E-state index contributed by atoms with van der Waals surface area (Å²) in [5, 5.41) is 5.59. The van der Waals surface area contributed by atoms with Gasteiger partial charge in [0, 0.05) is 12.5 Å². The number of aromatic nitrogens is 2. The van der Waals surface area contributed by atoms with E-state index in [2.05, 4.69) is 5.10 Å². The number of urea groups is 2. The maximum atomic E-state index is 11.3. The van der Waals surface area contributed by atoms with Crippen LogP contribution in [-0.2, 0) is 12.5 Å². The highest BCUT2D eigenvalue weighted by Gasteiger charge is 2.33. The lowest BCUT2D eigenvalue weighted by molar-refractivity contribution is 0.252. The number of carbonyl (C=O) groups is 2. The molecule has 0 saturated carbocycles. The highest BCUT2D eigenvalue weighted by molar-refractivity contribution is 5.99. The number of hydrazine groups is 2. The van der Waals surface area contributed by atoms with Gasteiger partial charge in [-0.25, -0.2) is 36.0 Å². The van der Waals surface area contributed by atoms with E-state index in [0.717, 1.165) is 0 Å². The molecule has 112 valence electrons. The molecule has 10 nitrogen and oxygen atoms in total. The van der Waals surface area contributed by atoms with Crippen molar-refractivity contribution in [2.24, 2.45) is 30.2 Å². The van der Waals surface area contributed by atoms with E-state index in [1.54, 1.807) is 7.05 Å². The van der Waals surface area contributed by atoms with Crippen molar-refractivity contribution in [3.8, 4) is 0 Å². The summed E-state index contributed by atoms with van der Waals surface area (Å²) in [6.45, 7) is 5.59. The molecule has 0 spiro atoms. The molecule has 0 fully saturated rings. The normalized spacial score (nSPS) is 11.3. The van der Waals surface area contributed by atoms with E-state index in [4.69, 9.17) is 23.2 Å². The number of anilines is 2. The van der Waals surface area contributed by atoms with E-state index in [0.29, 0.717) is 15.7 Å². The third kappa shape index (κ3) is 2.65. The summed E-state index contributed by atoms with van der Waals surface area (Å²) in [5.41, 5.74) is 10.5. The number of primary amides is 2. The van der Waals surface area contributed by atoms with Gasteiger partial charge in [0.2, 0.25) is 0 Å². The first-order chi connectivity index (χ1) is 8.98. The van der Waals surface area contributed by atoms with Crippen molar-refractivity contribution in [2.45, 2.75) is 26.2 Å². The topological polar surface area (TPSA) is 163 Å². The number of amides is 4. The van der Waals surface area contributed by atoms with Crippen LogP contribution >= 0.6 is 0 Å². The fraction of sp³-hybridized carbons (Fsp3) is 0.500. The molecule has 0 unspecified atom stereocenters. The Bertz CT molecular complexity index is 544. The number of hydrogen-bond acceptors (Lipinski definition) is 5. The van der Waals surface area contributed by atoms with Gasteiger partial charge in [-0.3, -0.25) is 0 Å². The van der Waals surface area contributed by atoms with Crippen LogP contribution in [0.5, 0.6) is 0 Å². The molecule has 0 aromatic carbocycles. The van der Waals surface area contributed by atoms with Crippen LogP contribution in [0.2, 0.25) is 0 Å². The quantitative estimate of drug-likeness (QED) is 0.318. The van der Waals surface area contributed by atoms with E-state index < -0.39 is 17.5 Å². The highest BCUT2D eigenvalue weighted by atomic mass is 16.2. The molecule has 8 N–H and O–H groups in total. The van der Waals surface area contributed by atoms with Crippen LogP contribution in [0.25, 0.3) is 0 Å². The van der Waals surface area contributed by atoms with Gasteiger partial charge in [0.15, 0.2) is 5.82 Å². The van der Waals surface area contributed by atoms with Gasteiger partial charge in [0.1, 0.15) is 5.69 Å². The smallest absolute Gasteiger partial charge is 0.335 e. The first kappa shape index (κ1) is 15.7. The molecule has 0 aliphatic carbocycles. The van der Waals surface area contributed by atoms with E-state index in [-0.39, 0.29) is 11.5 Å². The molecule has 0 bridgehead atoms. The number of nitrogens with zero attached hydrogens (tertiary/aromatic N) is 4. The Morgan fingerprint density at radius 2 is 1.55 bits per heavy atom. The summed E-state index contributed by atoms with van der Waals surface area (Å²) in [4.78, 5) is 22.6. The molecule has 0 aliphatic rings. The van der Waals surface area contributed by atoms with Crippen molar-refractivity contribution in [1.82, 2.24) is 9.78 Å². The Kier molecular flexibility index (Phi) is 3.92. The lowest BCUT2D eigenvalue weighted by Gasteiger charge is -2.23. The zero-order valence-corrected chi connectivity index (χ0v) is 11.9. The van der Waals surface area contributed by atoms with Crippen molar-refractivity contribution in [3.63, 3.8) is 0 Å². The van der Waals surface area contributed by atoms with Crippen LogP contribution in [0.1, 0.15) is 26.5 Å². The van der Waals surface area contributed by atoms with Gasteiger partial charge >= 0.3 is 12.1 Å². The van der Waals surface area contributed by atoms with E-state index in [9.17, 15) is 9.59 Å². The number of rotatable bonds is 2. The SMILES string of the molecule is Cn1nc(C(C)(C)C)c(N(N)C(N)=O)c1N(N)C(N)=O. The molecule has 0 saturated heterocycles. The Hall–Kier alpha value is -2.33. The zero-order chi connectivity index (χ0) is 15.8. The van der Waals surface area contributed by atoms with E-state index in [1.807, 2.05) is 20.8 Å². The Morgan fingerprint density at radius 1 is 1.10 bits per heavy atom. The molecule has 1 aromatic rings. The second kappa shape index (κ2) is 4.98. The molecular weight excluding hydrogens is 264 g/mol. The third-order valence-corrected chi connectivity index (χ3v) is 2.65. The summed E-state index contributed by atoms with van der Waals surface area (Å²) in [6, 6.07) is -1.84. The first-order valence-corrected chi connectivity index (χ1v) is 5.74. The highest BCUT2D eigenvalue weighted by Crippen LogP contribution is 2.37. The molecule has 0 radical (unpaired) electrons. The minimum absolute atomic E-state index is 0.0729. The van der Waals surface area contributed by atoms with Crippen molar-refractivity contribution < 1.29 is 9.59 Å². The molecule has 0 aliphatic heterocycles. The predicted molar refractivity (Wildman–Crippen MR) is 74.4 cm³/mol. The molecule has 0 atom stereocenters. The van der Waals surface area contributed by atoms with Crippen LogP contribution in [0.15, 0.2) is 0 Å². The fourth-order valence-electron chi connectivity index (χ4n) is 1.72. The molecule has 1 aromatic heterocycles. The standard InChI is InChI=1S/C10H20N8O2/c1-10(2,3)6-5(17(13)8(11)19)7(16(4)15-6)18(14)9(12)20/h13-14H2,1-4H3,(H2,11,19)(H2,12,20). The lowest BCUT2D eigenvalue weighted by atomic mass is 9.91. The lowest BCUT2D eigenvalue weighted by Crippen LogP contribution is -2.47. The van der Waals surface area contributed by atoms with Crippen molar-refractivity contribution in [3.05, 3.63) is 5.69 Å². The van der Waals surface area contributed by atoms with Gasteiger partial charge in [0.05, 0.1) is 5.69 Å². The van der Waals surface area contributed by atoms with Crippen LogP contribution < -0.4 is 33.2 Å². The maximum Gasteiger partial charge on any atom is 0.335 e. The average molecular weight is 284 g/mol. The zero-order valence-electron chi connectivity index (χ0n) is 11.9. The molecule has 4 amide bonds. The number of nitrogens with two attached hydrogens (primary N) is 4.